The molecule has 0 saturated heterocycles. The monoisotopic (exact) mass is 454 g/mol. The molecule has 5 nitrogen and oxygen atoms in total. The van der Waals surface area contributed by atoms with E-state index in [2.05, 4.69) is 23.6 Å². The molecule has 2 rings (SSSR count). The SMILES string of the molecule is CC1C=CC=CC1C[C@H](NC(=O)OC(C)(C)C)[C@H](O)CNCc1cccc(C(F)(F)F)c1. The molecule has 0 heterocycles. The van der Waals surface area contributed by atoms with Crippen molar-refractivity contribution in [2.24, 2.45) is 11.8 Å². The van der Waals surface area contributed by atoms with E-state index in [4.69, 9.17) is 4.74 Å². The molecule has 0 fully saturated rings. The van der Waals surface area contributed by atoms with Crippen molar-refractivity contribution in [3.05, 3.63) is 59.7 Å². The molecule has 0 spiro atoms. The van der Waals surface area contributed by atoms with Crippen molar-refractivity contribution in [2.45, 2.75) is 64.6 Å². The Labute approximate surface area is 187 Å². The van der Waals surface area contributed by atoms with Gasteiger partial charge in [0.1, 0.15) is 5.60 Å². The summed E-state index contributed by atoms with van der Waals surface area (Å²) in [5.74, 6) is 0.367. The lowest BCUT2D eigenvalue weighted by Gasteiger charge is -2.31. The maximum atomic E-state index is 12.9. The smallest absolute Gasteiger partial charge is 0.416 e. The highest BCUT2D eigenvalue weighted by atomic mass is 19.4. The largest absolute Gasteiger partial charge is 0.444 e. The number of carbonyl (C=O) groups is 1. The van der Waals surface area contributed by atoms with Crippen molar-refractivity contribution in [3.8, 4) is 0 Å². The Hall–Kier alpha value is -2.32. The van der Waals surface area contributed by atoms with Crippen LogP contribution in [0.3, 0.4) is 0 Å². The van der Waals surface area contributed by atoms with Crippen LogP contribution >= 0.6 is 0 Å². The summed E-state index contributed by atoms with van der Waals surface area (Å²) < 4.78 is 44.0. The summed E-state index contributed by atoms with van der Waals surface area (Å²) in [5, 5.41) is 16.5. The third kappa shape index (κ3) is 8.67. The molecule has 0 saturated carbocycles. The van der Waals surface area contributed by atoms with Gasteiger partial charge < -0.3 is 20.5 Å². The Kier molecular flexibility index (Phi) is 8.92. The van der Waals surface area contributed by atoms with Crippen LogP contribution in [0, 0.1) is 11.8 Å². The molecular formula is C24H33F3N2O3. The lowest BCUT2D eigenvalue weighted by Crippen LogP contribution is -2.49. The molecule has 0 aliphatic heterocycles. The van der Waals surface area contributed by atoms with Crippen LogP contribution in [0.1, 0.15) is 45.2 Å². The van der Waals surface area contributed by atoms with Gasteiger partial charge in [-0.05, 0) is 50.7 Å². The summed E-state index contributed by atoms with van der Waals surface area (Å²) in [5.41, 5.74) is -0.937. The number of hydrogen-bond donors (Lipinski definition) is 3. The minimum atomic E-state index is -4.41. The summed E-state index contributed by atoms with van der Waals surface area (Å²) in [6.45, 7) is 7.58. The van der Waals surface area contributed by atoms with E-state index in [-0.39, 0.29) is 24.9 Å². The van der Waals surface area contributed by atoms with Gasteiger partial charge in [0.25, 0.3) is 0 Å². The number of ether oxygens (including phenoxy) is 1. The van der Waals surface area contributed by atoms with E-state index in [0.717, 1.165) is 12.1 Å². The number of aliphatic hydroxyl groups excluding tert-OH is 1. The maximum absolute atomic E-state index is 12.9. The summed E-state index contributed by atoms with van der Waals surface area (Å²) in [4.78, 5) is 12.3. The Bertz CT molecular complexity index is 815. The molecule has 0 bridgehead atoms. The Morgan fingerprint density at radius 1 is 1.19 bits per heavy atom. The predicted molar refractivity (Wildman–Crippen MR) is 118 cm³/mol. The maximum Gasteiger partial charge on any atom is 0.416 e. The third-order valence-corrected chi connectivity index (χ3v) is 5.19. The average molecular weight is 455 g/mol. The highest BCUT2D eigenvalue weighted by molar-refractivity contribution is 5.68. The summed E-state index contributed by atoms with van der Waals surface area (Å²) in [7, 11) is 0. The predicted octanol–water partition coefficient (Wildman–Crippen LogP) is 4.82. The van der Waals surface area contributed by atoms with Crippen molar-refractivity contribution >= 4 is 6.09 Å². The zero-order valence-corrected chi connectivity index (χ0v) is 18.9. The number of carbonyl (C=O) groups excluding carboxylic acids is 1. The lowest BCUT2D eigenvalue weighted by molar-refractivity contribution is -0.137. The van der Waals surface area contributed by atoms with Crippen LogP contribution in [0.5, 0.6) is 0 Å². The van der Waals surface area contributed by atoms with E-state index in [0.29, 0.717) is 12.0 Å². The second-order valence-electron chi connectivity index (χ2n) is 9.18. The number of benzene rings is 1. The van der Waals surface area contributed by atoms with Gasteiger partial charge in [0.15, 0.2) is 0 Å². The highest BCUT2D eigenvalue weighted by Crippen LogP contribution is 2.29. The van der Waals surface area contributed by atoms with E-state index in [1.807, 2.05) is 18.2 Å². The zero-order chi connectivity index (χ0) is 23.9. The van der Waals surface area contributed by atoms with Crippen LogP contribution in [0.2, 0.25) is 0 Å². The number of nitrogens with one attached hydrogen (secondary N) is 2. The van der Waals surface area contributed by atoms with Crippen molar-refractivity contribution in [1.29, 1.82) is 0 Å². The molecule has 2 unspecified atom stereocenters. The number of allylic oxidation sites excluding steroid dienone is 4. The standard InChI is InChI=1S/C24H33F3N2O3/c1-16-8-5-6-10-18(16)13-20(29-22(31)32-23(2,3)4)21(30)15-28-14-17-9-7-11-19(12-17)24(25,26)27/h5-12,16,18,20-21,28,30H,13-15H2,1-4H3,(H,29,31)/t16?,18?,20-,21+/m0/s1. The Morgan fingerprint density at radius 2 is 1.88 bits per heavy atom. The average Bonchev–Trinajstić information content (AvgIpc) is 2.67. The quantitative estimate of drug-likeness (QED) is 0.527. The number of aliphatic hydroxyl groups is 1. The van der Waals surface area contributed by atoms with Crippen molar-refractivity contribution < 1.29 is 27.8 Å². The van der Waals surface area contributed by atoms with Gasteiger partial charge in [-0.3, -0.25) is 0 Å². The number of rotatable bonds is 8. The number of halogens is 3. The minimum Gasteiger partial charge on any atom is -0.444 e. The van der Waals surface area contributed by atoms with E-state index in [1.54, 1.807) is 26.8 Å². The van der Waals surface area contributed by atoms with Gasteiger partial charge in [0, 0.05) is 13.1 Å². The van der Waals surface area contributed by atoms with Gasteiger partial charge >= 0.3 is 12.3 Å². The van der Waals surface area contributed by atoms with Crippen LogP contribution in [0.25, 0.3) is 0 Å². The fraction of sp³-hybridized carbons (Fsp3) is 0.542. The van der Waals surface area contributed by atoms with Crippen molar-refractivity contribution in [2.75, 3.05) is 6.54 Å². The third-order valence-electron chi connectivity index (χ3n) is 5.19. The fourth-order valence-electron chi connectivity index (χ4n) is 3.49. The van der Waals surface area contributed by atoms with Gasteiger partial charge in [0.2, 0.25) is 0 Å². The molecule has 0 aromatic heterocycles. The first-order valence-corrected chi connectivity index (χ1v) is 10.7. The number of hydrogen-bond acceptors (Lipinski definition) is 4. The van der Waals surface area contributed by atoms with Crippen LogP contribution in [-0.2, 0) is 17.5 Å². The molecule has 1 aliphatic carbocycles. The van der Waals surface area contributed by atoms with Crippen molar-refractivity contribution in [3.63, 3.8) is 0 Å². The molecule has 32 heavy (non-hydrogen) atoms. The Morgan fingerprint density at radius 3 is 2.50 bits per heavy atom. The summed E-state index contributed by atoms with van der Waals surface area (Å²) in [6, 6.07) is 4.45. The number of alkyl halides is 3. The normalized spacial score (nSPS) is 20.6. The topological polar surface area (TPSA) is 70.6 Å². The Balaban J connectivity index is 2.00. The summed E-state index contributed by atoms with van der Waals surface area (Å²) >= 11 is 0. The van der Waals surface area contributed by atoms with E-state index < -0.39 is 35.6 Å². The molecular weight excluding hydrogens is 421 g/mol. The molecule has 4 atom stereocenters. The molecule has 1 amide bonds. The zero-order valence-electron chi connectivity index (χ0n) is 18.9. The lowest BCUT2D eigenvalue weighted by atomic mass is 9.84. The molecule has 1 aliphatic rings. The van der Waals surface area contributed by atoms with Crippen LogP contribution in [0.15, 0.2) is 48.6 Å². The van der Waals surface area contributed by atoms with Gasteiger partial charge in [-0.1, -0.05) is 49.4 Å². The van der Waals surface area contributed by atoms with Crippen LogP contribution in [-0.4, -0.2) is 35.5 Å². The molecule has 3 N–H and O–H groups in total. The van der Waals surface area contributed by atoms with E-state index in [1.165, 1.54) is 6.07 Å². The second kappa shape index (κ2) is 11.0. The first-order valence-electron chi connectivity index (χ1n) is 10.7. The van der Waals surface area contributed by atoms with Crippen molar-refractivity contribution in [1.82, 2.24) is 10.6 Å². The first-order chi connectivity index (χ1) is 14.8. The molecule has 1 aromatic rings. The van der Waals surface area contributed by atoms with Crippen LogP contribution < -0.4 is 10.6 Å². The van der Waals surface area contributed by atoms with Gasteiger partial charge in [-0.2, -0.15) is 13.2 Å². The molecule has 8 heteroatoms. The van der Waals surface area contributed by atoms with Gasteiger partial charge in [-0.15, -0.1) is 0 Å². The summed E-state index contributed by atoms with van der Waals surface area (Å²) in [6.07, 6.45) is 2.51. The molecule has 178 valence electrons. The number of alkyl carbamates (subject to hydrolysis) is 1. The first kappa shape index (κ1) is 25.9. The van der Waals surface area contributed by atoms with E-state index >= 15 is 0 Å². The number of amides is 1. The minimum absolute atomic E-state index is 0.0946. The highest BCUT2D eigenvalue weighted by Gasteiger charge is 2.31. The second-order valence-corrected chi connectivity index (χ2v) is 9.18. The molecule has 0 radical (unpaired) electrons. The van der Waals surface area contributed by atoms with Gasteiger partial charge in [0.05, 0.1) is 17.7 Å². The molecule has 1 aromatic carbocycles. The van der Waals surface area contributed by atoms with Crippen LogP contribution in [0.4, 0.5) is 18.0 Å². The fourth-order valence-corrected chi connectivity index (χ4v) is 3.49. The van der Waals surface area contributed by atoms with Gasteiger partial charge in [-0.25, -0.2) is 4.79 Å². The van der Waals surface area contributed by atoms with E-state index in [9.17, 15) is 23.1 Å².